The third-order valence-corrected chi connectivity index (χ3v) is 3.05. The normalized spacial score (nSPS) is 40.5. The number of azide groups is 1. The zero-order valence-electron chi connectivity index (χ0n) is 6.61. The summed E-state index contributed by atoms with van der Waals surface area (Å²) >= 11 is 0. The van der Waals surface area contributed by atoms with E-state index >= 15 is 0 Å². The van der Waals surface area contributed by atoms with Gasteiger partial charge in [-0.1, -0.05) is 11.5 Å². The van der Waals surface area contributed by atoms with E-state index in [1.807, 2.05) is 0 Å². The molecule has 0 N–H and O–H groups in total. The second-order valence-corrected chi connectivity index (χ2v) is 3.85. The predicted molar refractivity (Wildman–Crippen MR) is 43.0 cm³/mol. The second-order valence-electron chi connectivity index (χ2n) is 3.85. The maximum absolute atomic E-state index is 8.13. The molecule has 0 saturated heterocycles. The third-order valence-electron chi connectivity index (χ3n) is 3.05. The molecular formula is C8H13N3. The van der Waals surface area contributed by atoms with Crippen LogP contribution in [0.3, 0.4) is 0 Å². The molecule has 60 valence electrons. The van der Waals surface area contributed by atoms with Crippen LogP contribution in [0.1, 0.15) is 25.7 Å². The number of hydrogen-bond acceptors (Lipinski definition) is 1. The summed E-state index contributed by atoms with van der Waals surface area (Å²) < 4.78 is 0. The van der Waals surface area contributed by atoms with Crippen molar-refractivity contribution < 1.29 is 0 Å². The molecule has 2 rings (SSSR count). The van der Waals surface area contributed by atoms with Gasteiger partial charge in [0, 0.05) is 11.5 Å². The molecule has 0 aromatic rings. The third kappa shape index (κ3) is 1.48. The van der Waals surface area contributed by atoms with Crippen LogP contribution in [-0.2, 0) is 0 Å². The molecule has 3 nitrogen and oxygen atoms in total. The summed E-state index contributed by atoms with van der Waals surface area (Å²) in [5, 5.41) is 3.63. The molecule has 0 amide bonds. The summed E-state index contributed by atoms with van der Waals surface area (Å²) in [6, 6.07) is 0. The summed E-state index contributed by atoms with van der Waals surface area (Å²) in [4.78, 5) is 2.79. The molecular weight excluding hydrogens is 138 g/mol. The first-order valence-electron chi connectivity index (χ1n) is 4.41. The van der Waals surface area contributed by atoms with Crippen LogP contribution in [-0.4, -0.2) is 6.54 Å². The standard InChI is InChI=1S/C8H13N3/c9-11-10-5-6-1-2-7-4-8(7)3-6/h6-8H,1-5H2. The Kier molecular flexibility index (Phi) is 1.74. The lowest BCUT2D eigenvalue weighted by Crippen LogP contribution is -2.10. The molecule has 3 atom stereocenters. The lowest BCUT2D eigenvalue weighted by atomic mass is 9.89. The summed E-state index contributed by atoms with van der Waals surface area (Å²) in [5.74, 6) is 2.76. The highest BCUT2D eigenvalue weighted by Crippen LogP contribution is 2.51. The highest BCUT2D eigenvalue weighted by atomic mass is 15.1. The van der Waals surface area contributed by atoms with Crippen LogP contribution in [0.5, 0.6) is 0 Å². The van der Waals surface area contributed by atoms with Crippen LogP contribution in [0.2, 0.25) is 0 Å². The Morgan fingerprint density at radius 1 is 1.27 bits per heavy atom. The highest BCUT2D eigenvalue weighted by molar-refractivity contribution is 4.92. The molecule has 0 spiro atoms. The maximum Gasteiger partial charge on any atom is 0.0286 e. The van der Waals surface area contributed by atoms with Crippen molar-refractivity contribution in [2.24, 2.45) is 22.9 Å². The summed E-state index contributed by atoms with van der Waals surface area (Å²) in [7, 11) is 0. The van der Waals surface area contributed by atoms with Gasteiger partial charge < -0.3 is 0 Å². The van der Waals surface area contributed by atoms with E-state index in [2.05, 4.69) is 10.0 Å². The van der Waals surface area contributed by atoms with Gasteiger partial charge in [-0.25, -0.2) is 0 Å². The Morgan fingerprint density at radius 3 is 2.91 bits per heavy atom. The zero-order chi connectivity index (χ0) is 7.68. The fourth-order valence-electron chi connectivity index (χ4n) is 2.27. The smallest absolute Gasteiger partial charge is 0.0286 e. The Morgan fingerprint density at radius 2 is 2.18 bits per heavy atom. The van der Waals surface area contributed by atoms with Crippen molar-refractivity contribution in [3.8, 4) is 0 Å². The van der Waals surface area contributed by atoms with Gasteiger partial charge in [0.05, 0.1) is 0 Å². The van der Waals surface area contributed by atoms with E-state index in [9.17, 15) is 0 Å². The van der Waals surface area contributed by atoms with Gasteiger partial charge in [-0.05, 0) is 42.5 Å². The number of rotatable bonds is 2. The van der Waals surface area contributed by atoms with Crippen LogP contribution >= 0.6 is 0 Å². The fourth-order valence-corrected chi connectivity index (χ4v) is 2.27. The first kappa shape index (κ1) is 6.99. The monoisotopic (exact) mass is 151 g/mol. The molecule has 0 aliphatic heterocycles. The minimum Gasteiger partial charge on any atom is -0.0937 e. The average Bonchev–Trinajstić information content (AvgIpc) is 2.78. The van der Waals surface area contributed by atoms with E-state index in [0.29, 0.717) is 5.92 Å². The Labute approximate surface area is 66.4 Å². The van der Waals surface area contributed by atoms with E-state index in [0.717, 1.165) is 18.4 Å². The molecule has 2 aliphatic carbocycles. The van der Waals surface area contributed by atoms with Crippen molar-refractivity contribution in [2.45, 2.75) is 25.7 Å². The Hall–Kier alpha value is -0.690. The first-order valence-corrected chi connectivity index (χ1v) is 4.41. The quantitative estimate of drug-likeness (QED) is 0.331. The summed E-state index contributed by atoms with van der Waals surface area (Å²) in [6.07, 6.45) is 5.45. The van der Waals surface area contributed by atoms with Crippen LogP contribution in [0.25, 0.3) is 10.4 Å². The predicted octanol–water partition coefficient (Wildman–Crippen LogP) is 2.73. The van der Waals surface area contributed by atoms with E-state index in [4.69, 9.17) is 5.53 Å². The second kappa shape index (κ2) is 2.74. The minimum atomic E-state index is 0.703. The first-order chi connectivity index (χ1) is 5.40. The molecule has 3 heteroatoms. The van der Waals surface area contributed by atoms with Crippen LogP contribution in [0.4, 0.5) is 0 Å². The topological polar surface area (TPSA) is 48.8 Å². The van der Waals surface area contributed by atoms with Gasteiger partial charge in [-0.2, -0.15) is 0 Å². The lowest BCUT2D eigenvalue weighted by Gasteiger charge is -2.18. The molecule has 0 aromatic heterocycles. The number of fused-ring (bicyclic) bond motifs is 1. The van der Waals surface area contributed by atoms with Gasteiger partial charge in [0.15, 0.2) is 0 Å². The van der Waals surface area contributed by atoms with Crippen molar-refractivity contribution >= 4 is 0 Å². The van der Waals surface area contributed by atoms with Gasteiger partial charge >= 0.3 is 0 Å². The van der Waals surface area contributed by atoms with Crippen LogP contribution in [0, 0.1) is 17.8 Å². The highest BCUT2D eigenvalue weighted by Gasteiger charge is 2.41. The minimum absolute atomic E-state index is 0.703. The van der Waals surface area contributed by atoms with Gasteiger partial charge in [0.1, 0.15) is 0 Å². The van der Waals surface area contributed by atoms with Crippen molar-refractivity contribution in [1.29, 1.82) is 0 Å². The summed E-state index contributed by atoms with van der Waals surface area (Å²) in [5.41, 5.74) is 8.13. The molecule has 3 unspecified atom stereocenters. The SMILES string of the molecule is [N-]=[N+]=NCC1CCC2CC2C1. The largest absolute Gasteiger partial charge is 0.0937 e. The average molecular weight is 151 g/mol. The zero-order valence-corrected chi connectivity index (χ0v) is 6.61. The Balaban J connectivity index is 1.80. The van der Waals surface area contributed by atoms with Gasteiger partial charge in [-0.15, -0.1) is 0 Å². The summed E-state index contributed by atoms with van der Waals surface area (Å²) in [6.45, 7) is 0.736. The van der Waals surface area contributed by atoms with Gasteiger partial charge in [0.25, 0.3) is 0 Å². The molecule has 0 bridgehead atoms. The molecule has 11 heavy (non-hydrogen) atoms. The molecule has 2 aliphatic rings. The van der Waals surface area contributed by atoms with Crippen molar-refractivity contribution in [2.75, 3.05) is 6.54 Å². The van der Waals surface area contributed by atoms with Crippen molar-refractivity contribution in [3.63, 3.8) is 0 Å². The molecule has 2 saturated carbocycles. The van der Waals surface area contributed by atoms with Crippen LogP contribution in [0.15, 0.2) is 5.11 Å². The van der Waals surface area contributed by atoms with Crippen molar-refractivity contribution in [3.05, 3.63) is 10.4 Å². The van der Waals surface area contributed by atoms with Gasteiger partial charge in [0.2, 0.25) is 0 Å². The maximum atomic E-state index is 8.13. The Bertz CT molecular complexity index is 196. The van der Waals surface area contributed by atoms with E-state index in [-0.39, 0.29) is 0 Å². The lowest BCUT2D eigenvalue weighted by molar-refractivity contribution is 0.350. The van der Waals surface area contributed by atoms with E-state index in [1.54, 1.807) is 0 Å². The van der Waals surface area contributed by atoms with Gasteiger partial charge in [-0.3, -0.25) is 0 Å². The molecule has 2 fully saturated rings. The van der Waals surface area contributed by atoms with E-state index < -0.39 is 0 Å². The number of hydrogen-bond donors (Lipinski definition) is 0. The van der Waals surface area contributed by atoms with Crippen molar-refractivity contribution in [1.82, 2.24) is 0 Å². The number of nitrogens with zero attached hydrogens (tertiary/aromatic N) is 3. The van der Waals surface area contributed by atoms with E-state index in [1.165, 1.54) is 25.7 Å². The van der Waals surface area contributed by atoms with Crippen LogP contribution < -0.4 is 0 Å². The fraction of sp³-hybridized carbons (Fsp3) is 1.00. The molecule has 0 aromatic carbocycles. The molecule has 0 radical (unpaired) electrons. The molecule has 0 heterocycles.